The summed E-state index contributed by atoms with van der Waals surface area (Å²) in [5.74, 6) is 0. The molecule has 39 heavy (non-hydrogen) atoms. The van der Waals surface area contributed by atoms with E-state index in [1.807, 2.05) is 25.0 Å². The molecule has 2 saturated carbocycles. The minimum Gasteiger partial charge on any atom is -0.327 e. The van der Waals surface area contributed by atoms with Crippen LogP contribution in [0, 0.1) is 0 Å². The molecule has 4 heterocycles. The van der Waals surface area contributed by atoms with Crippen LogP contribution in [0.2, 0.25) is 0 Å². The highest BCUT2D eigenvalue weighted by atomic mass is 15.1. The molecule has 0 saturated heterocycles. The van der Waals surface area contributed by atoms with Crippen molar-refractivity contribution in [2.75, 3.05) is 0 Å². The topological polar surface area (TPSA) is 65.8 Å². The summed E-state index contributed by atoms with van der Waals surface area (Å²) in [6.45, 7) is 0. The zero-order valence-electron chi connectivity index (χ0n) is 22.2. The molecule has 7 nitrogen and oxygen atoms in total. The molecule has 8 rings (SSSR count). The summed E-state index contributed by atoms with van der Waals surface area (Å²) in [5.41, 5.74) is 9.29. The number of benzene rings is 2. The summed E-state index contributed by atoms with van der Waals surface area (Å²) in [5, 5.41) is 0. The van der Waals surface area contributed by atoms with Crippen LogP contribution in [-0.2, 0) is 0 Å². The molecule has 2 aromatic carbocycles. The van der Waals surface area contributed by atoms with E-state index in [1.165, 1.54) is 75.2 Å². The number of fused-ring (bicyclic) bond motifs is 3. The molecule has 6 aromatic rings. The average Bonchev–Trinajstić information content (AvgIpc) is 3.75. The van der Waals surface area contributed by atoms with Gasteiger partial charge in [-0.25, -0.2) is 19.9 Å². The Kier molecular flexibility index (Phi) is 5.49. The minimum atomic E-state index is 0.541. The molecule has 0 amide bonds. The molecule has 0 aliphatic heterocycles. The highest BCUT2D eigenvalue weighted by Crippen LogP contribution is 2.35. The van der Waals surface area contributed by atoms with E-state index in [2.05, 4.69) is 61.1 Å². The lowest BCUT2D eigenvalue weighted by Crippen LogP contribution is -2.11. The Balaban J connectivity index is 1.21. The maximum absolute atomic E-state index is 5.20. The Hall–Kier alpha value is -4.00. The number of aromatic nitrogens is 7. The van der Waals surface area contributed by atoms with Crippen LogP contribution in [0.15, 0.2) is 67.6 Å². The first-order valence-electron chi connectivity index (χ1n) is 14.6. The van der Waals surface area contributed by atoms with E-state index in [0.29, 0.717) is 12.1 Å². The van der Waals surface area contributed by atoms with Gasteiger partial charge in [-0.3, -0.25) is 0 Å². The van der Waals surface area contributed by atoms with Gasteiger partial charge in [0.2, 0.25) is 0 Å². The van der Waals surface area contributed by atoms with Gasteiger partial charge in [0.15, 0.2) is 5.65 Å². The molecule has 2 aliphatic rings. The third-order valence-electron chi connectivity index (χ3n) is 9.03. The number of hydrogen-bond acceptors (Lipinski definition) is 4. The molecule has 0 bridgehead atoms. The lowest BCUT2D eigenvalue weighted by atomic mass is 9.95. The van der Waals surface area contributed by atoms with Crippen molar-refractivity contribution < 1.29 is 0 Å². The summed E-state index contributed by atoms with van der Waals surface area (Å²) in [7, 11) is 0. The van der Waals surface area contributed by atoms with Crippen LogP contribution < -0.4 is 0 Å². The highest BCUT2D eigenvalue weighted by Gasteiger charge is 2.20. The van der Waals surface area contributed by atoms with Crippen molar-refractivity contribution in [1.29, 1.82) is 0 Å². The third kappa shape index (κ3) is 3.94. The zero-order valence-corrected chi connectivity index (χ0v) is 22.2. The quantitative estimate of drug-likeness (QED) is 0.240. The molecular formula is C32H33N7. The predicted octanol–water partition coefficient (Wildman–Crippen LogP) is 7.77. The van der Waals surface area contributed by atoms with Crippen LogP contribution in [0.3, 0.4) is 0 Å². The van der Waals surface area contributed by atoms with Crippen LogP contribution >= 0.6 is 0 Å². The first-order valence-corrected chi connectivity index (χ1v) is 14.6. The van der Waals surface area contributed by atoms with Crippen LogP contribution in [-0.4, -0.2) is 33.5 Å². The summed E-state index contributed by atoms with van der Waals surface area (Å²) < 4.78 is 6.87. The van der Waals surface area contributed by atoms with Gasteiger partial charge in [-0.05, 0) is 49.9 Å². The lowest BCUT2D eigenvalue weighted by molar-refractivity contribution is 0.359. The van der Waals surface area contributed by atoms with Crippen molar-refractivity contribution in [2.45, 2.75) is 76.3 Å². The van der Waals surface area contributed by atoms with Gasteiger partial charge in [-0.2, -0.15) is 0 Å². The average molecular weight is 516 g/mol. The number of nitrogens with zero attached hydrogens (tertiary/aromatic N) is 7. The van der Waals surface area contributed by atoms with Gasteiger partial charge < -0.3 is 13.5 Å². The fourth-order valence-corrected chi connectivity index (χ4v) is 6.93. The molecule has 2 fully saturated rings. The maximum atomic E-state index is 5.20. The van der Waals surface area contributed by atoms with Gasteiger partial charge in [0.05, 0.1) is 40.4 Å². The van der Waals surface area contributed by atoms with E-state index in [1.54, 1.807) is 0 Å². The Morgan fingerprint density at radius 2 is 1.33 bits per heavy atom. The molecule has 0 spiro atoms. The fraction of sp³-hybridized carbons (Fsp3) is 0.375. The lowest BCUT2D eigenvalue weighted by Gasteiger charge is -2.23. The number of hydrogen-bond donors (Lipinski definition) is 0. The Morgan fingerprint density at radius 3 is 2.10 bits per heavy atom. The standard InChI is InChI=1S/C32H33N7/c1-3-7-24(8-4-1)38-21-35-27-17-23(12-14-29(27)38)31-32-33-15-16-37(32)19-28(36-31)22-11-13-26-30(18-22)39(20-34-26)25-9-5-2-6-10-25/h11-21,24-25H,1-10H2. The zero-order chi connectivity index (χ0) is 25.8. The molecule has 0 radical (unpaired) electrons. The van der Waals surface area contributed by atoms with Crippen molar-refractivity contribution in [2.24, 2.45) is 0 Å². The first-order chi connectivity index (χ1) is 19.3. The summed E-state index contributed by atoms with van der Waals surface area (Å²) in [6, 6.07) is 14.2. The van der Waals surface area contributed by atoms with E-state index in [0.717, 1.165) is 39.2 Å². The van der Waals surface area contributed by atoms with E-state index in [4.69, 9.17) is 15.0 Å². The summed E-state index contributed by atoms with van der Waals surface area (Å²) >= 11 is 0. The molecule has 196 valence electrons. The molecule has 0 N–H and O–H groups in total. The van der Waals surface area contributed by atoms with Crippen LogP contribution in [0.5, 0.6) is 0 Å². The van der Waals surface area contributed by atoms with E-state index in [-0.39, 0.29) is 0 Å². The monoisotopic (exact) mass is 515 g/mol. The molecule has 0 atom stereocenters. The van der Waals surface area contributed by atoms with Crippen molar-refractivity contribution in [1.82, 2.24) is 33.5 Å². The highest BCUT2D eigenvalue weighted by molar-refractivity contribution is 5.86. The second-order valence-electron chi connectivity index (χ2n) is 11.4. The van der Waals surface area contributed by atoms with Crippen molar-refractivity contribution in [3.05, 3.63) is 67.6 Å². The molecule has 7 heteroatoms. The predicted molar refractivity (Wildman–Crippen MR) is 155 cm³/mol. The molecule has 0 unspecified atom stereocenters. The normalized spacial score (nSPS) is 17.5. The van der Waals surface area contributed by atoms with Crippen LogP contribution in [0.1, 0.15) is 76.3 Å². The Labute approximate surface area is 227 Å². The van der Waals surface area contributed by atoms with Crippen molar-refractivity contribution in [3.63, 3.8) is 0 Å². The molecule has 2 aliphatic carbocycles. The van der Waals surface area contributed by atoms with E-state index in [9.17, 15) is 0 Å². The van der Waals surface area contributed by atoms with Crippen LogP contribution in [0.4, 0.5) is 0 Å². The Bertz CT molecular complexity index is 1790. The van der Waals surface area contributed by atoms with Gasteiger partial charge >= 0.3 is 0 Å². The van der Waals surface area contributed by atoms with Gasteiger partial charge in [-0.15, -0.1) is 0 Å². The third-order valence-corrected chi connectivity index (χ3v) is 9.03. The second-order valence-corrected chi connectivity index (χ2v) is 11.4. The first kappa shape index (κ1) is 22.9. The van der Waals surface area contributed by atoms with E-state index >= 15 is 0 Å². The van der Waals surface area contributed by atoms with E-state index < -0.39 is 0 Å². The fourth-order valence-electron chi connectivity index (χ4n) is 6.93. The smallest absolute Gasteiger partial charge is 0.163 e. The molecule has 4 aromatic heterocycles. The van der Waals surface area contributed by atoms with Crippen molar-refractivity contribution >= 4 is 27.7 Å². The number of imidazole rings is 3. The van der Waals surface area contributed by atoms with Crippen LogP contribution in [0.25, 0.3) is 50.2 Å². The van der Waals surface area contributed by atoms with Gasteiger partial charge in [0.1, 0.15) is 5.69 Å². The largest absolute Gasteiger partial charge is 0.327 e. The summed E-state index contributed by atoms with van der Waals surface area (Å²) in [4.78, 5) is 19.4. The van der Waals surface area contributed by atoms with Gasteiger partial charge in [0.25, 0.3) is 0 Å². The maximum Gasteiger partial charge on any atom is 0.163 e. The SMILES string of the molecule is c1cn2cc(-c3ccc4ncn(C5CCCCC5)c4c3)nc(-c3ccc4c(c3)ncn4C3CCCCC3)c2n1. The summed E-state index contributed by atoms with van der Waals surface area (Å²) in [6.07, 6.45) is 22.9. The minimum absolute atomic E-state index is 0.541. The van der Waals surface area contributed by atoms with Gasteiger partial charge in [-0.1, -0.05) is 50.7 Å². The van der Waals surface area contributed by atoms with Gasteiger partial charge in [0, 0.05) is 41.8 Å². The second kappa shape index (κ2) is 9.33. The molecular weight excluding hydrogens is 482 g/mol. The Morgan fingerprint density at radius 1 is 0.641 bits per heavy atom. The number of rotatable bonds is 4. The van der Waals surface area contributed by atoms with Crippen molar-refractivity contribution in [3.8, 4) is 22.5 Å².